The Morgan fingerprint density at radius 1 is 0.830 bits per heavy atom. The number of H-pyrrole nitrogens is 1. The minimum Gasteiger partial charge on any atom is -0.491 e. The van der Waals surface area contributed by atoms with Crippen molar-refractivity contribution in [1.29, 1.82) is 0 Å². The number of aromatic amines is 1. The number of phosphoric acid groups is 1. The van der Waals surface area contributed by atoms with E-state index in [1.807, 2.05) is 65.6 Å². The Morgan fingerprint density at radius 2 is 1.40 bits per heavy atom. The van der Waals surface area contributed by atoms with Crippen molar-refractivity contribution in [3.63, 3.8) is 0 Å². The predicted octanol–water partition coefficient (Wildman–Crippen LogP) is 5.20. The van der Waals surface area contributed by atoms with Gasteiger partial charge in [-0.25, -0.2) is 13.3 Å². The molecule has 0 amide bonds. The van der Waals surface area contributed by atoms with Crippen LogP contribution in [0.15, 0.2) is 83.8 Å². The number of nitrogens with one attached hydrogen (secondary N) is 1. The number of anilines is 2. The van der Waals surface area contributed by atoms with Crippen LogP contribution in [0.2, 0.25) is 0 Å². The Balaban J connectivity index is 1.04. The topological polar surface area (TPSA) is 124 Å². The normalized spacial score (nSPS) is 13.8. The predicted molar refractivity (Wildman–Crippen MR) is 171 cm³/mol. The molecule has 0 spiro atoms. The van der Waals surface area contributed by atoms with Crippen molar-refractivity contribution < 1.29 is 31.7 Å². The quantitative estimate of drug-likeness (QED) is 0.133. The van der Waals surface area contributed by atoms with Crippen molar-refractivity contribution in [2.75, 3.05) is 49.2 Å². The number of halogens is 2. The van der Waals surface area contributed by atoms with Crippen molar-refractivity contribution >= 4 is 30.5 Å². The van der Waals surface area contributed by atoms with Gasteiger partial charge in [0, 0.05) is 45.4 Å². The van der Waals surface area contributed by atoms with Crippen LogP contribution in [-0.2, 0) is 38.4 Å². The lowest BCUT2D eigenvalue weighted by Crippen LogP contribution is -2.48. The van der Waals surface area contributed by atoms with E-state index in [1.165, 1.54) is 10.9 Å². The van der Waals surface area contributed by atoms with Crippen LogP contribution in [0.1, 0.15) is 11.1 Å². The Hall–Kier alpha value is -4.62. The highest BCUT2D eigenvalue weighted by molar-refractivity contribution is 7.48. The summed E-state index contributed by atoms with van der Waals surface area (Å²) in [6, 6.07) is 20.5. The van der Waals surface area contributed by atoms with E-state index in [1.54, 1.807) is 11.9 Å². The van der Waals surface area contributed by atoms with Crippen LogP contribution in [0, 0.1) is 11.6 Å². The maximum atomic E-state index is 15.2. The summed E-state index contributed by atoms with van der Waals surface area (Å²) in [6.45, 7) is 0.915. The van der Waals surface area contributed by atoms with E-state index in [2.05, 4.69) is 15.1 Å². The average Bonchev–Trinajstić information content (AvgIpc) is 3.47. The second-order valence-electron chi connectivity index (χ2n) is 10.8. The van der Waals surface area contributed by atoms with Gasteiger partial charge in [-0.3, -0.25) is 28.0 Å². The first-order valence-corrected chi connectivity index (χ1v) is 16.4. The maximum absolute atomic E-state index is 15.2. The minimum absolute atomic E-state index is 0.00597. The van der Waals surface area contributed by atoms with Gasteiger partial charge in [0.15, 0.2) is 17.3 Å². The van der Waals surface area contributed by atoms with E-state index >= 15 is 8.78 Å². The molecule has 1 N–H and O–H groups in total. The molecule has 3 aromatic carbocycles. The summed E-state index contributed by atoms with van der Waals surface area (Å²) >= 11 is 0. The van der Waals surface area contributed by atoms with Gasteiger partial charge in [0.25, 0.3) is 5.56 Å². The van der Waals surface area contributed by atoms with Crippen molar-refractivity contribution in [1.82, 2.24) is 19.7 Å². The zero-order chi connectivity index (χ0) is 32.8. The van der Waals surface area contributed by atoms with Crippen molar-refractivity contribution in [3.05, 3.63) is 112 Å². The van der Waals surface area contributed by atoms with Gasteiger partial charge in [-0.1, -0.05) is 60.7 Å². The Kier molecular flexibility index (Phi) is 9.92. The highest BCUT2D eigenvalue weighted by atomic mass is 31.2. The number of phosphoric ester groups is 1. The first-order chi connectivity index (χ1) is 22.8. The summed E-state index contributed by atoms with van der Waals surface area (Å²) in [5, 5.41) is 4.46. The number of piperazine rings is 1. The van der Waals surface area contributed by atoms with Gasteiger partial charge < -0.3 is 14.5 Å². The van der Waals surface area contributed by atoms with E-state index in [0.717, 1.165) is 23.3 Å². The highest BCUT2D eigenvalue weighted by Crippen LogP contribution is 2.50. The summed E-state index contributed by atoms with van der Waals surface area (Å²) in [4.78, 5) is 23.2. The molecule has 1 saturated heterocycles. The number of nitrogens with zero attached hydrogens (tertiary/aromatic N) is 5. The van der Waals surface area contributed by atoms with Crippen molar-refractivity contribution in [2.24, 2.45) is 7.05 Å². The van der Waals surface area contributed by atoms with E-state index in [9.17, 15) is 9.36 Å². The van der Waals surface area contributed by atoms with E-state index in [-0.39, 0.29) is 56.5 Å². The van der Waals surface area contributed by atoms with Gasteiger partial charge in [0.1, 0.15) is 23.4 Å². The second-order valence-corrected chi connectivity index (χ2v) is 12.4. The van der Waals surface area contributed by atoms with Gasteiger partial charge >= 0.3 is 7.82 Å². The zero-order valence-corrected chi connectivity index (χ0v) is 26.4. The molecule has 1 aliphatic rings. The number of ether oxygens (including phenoxy) is 1. The summed E-state index contributed by atoms with van der Waals surface area (Å²) in [6.07, 6.45) is 1.45. The van der Waals surface area contributed by atoms with E-state index in [4.69, 9.17) is 18.3 Å². The lowest BCUT2D eigenvalue weighted by Gasteiger charge is -2.36. The highest BCUT2D eigenvalue weighted by Gasteiger charge is 2.28. The number of fused-ring (bicyclic) bond motifs is 1. The molecule has 1 aliphatic heterocycles. The average molecular weight is 667 g/mol. The van der Waals surface area contributed by atoms with Crippen LogP contribution in [0.5, 0.6) is 5.75 Å². The van der Waals surface area contributed by atoms with Gasteiger partial charge in [-0.15, -0.1) is 0 Å². The molecule has 0 atom stereocenters. The fourth-order valence-corrected chi connectivity index (χ4v) is 6.25. The van der Waals surface area contributed by atoms with Crippen molar-refractivity contribution in [3.8, 4) is 5.75 Å². The molecule has 246 valence electrons. The molecule has 0 aliphatic carbocycles. The number of benzene rings is 3. The van der Waals surface area contributed by atoms with Gasteiger partial charge in [0.2, 0.25) is 5.95 Å². The Morgan fingerprint density at radius 3 is 2.00 bits per heavy atom. The third-order valence-electron chi connectivity index (χ3n) is 7.54. The molecule has 6 rings (SSSR count). The van der Waals surface area contributed by atoms with Crippen molar-refractivity contribution in [2.45, 2.75) is 13.2 Å². The van der Waals surface area contributed by atoms with Gasteiger partial charge in [0.05, 0.1) is 26.0 Å². The second kappa shape index (κ2) is 14.4. The molecule has 47 heavy (non-hydrogen) atoms. The number of hydrogen-bond donors (Lipinski definition) is 1. The molecule has 0 radical (unpaired) electrons. The molecule has 15 heteroatoms. The smallest absolute Gasteiger partial charge is 0.475 e. The Bertz CT molecular complexity index is 1850. The number of aromatic nitrogens is 4. The lowest BCUT2D eigenvalue weighted by atomic mass is 10.2. The Labute approximate surface area is 269 Å². The fourth-order valence-electron chi connectivity index (χ4n) is 5.12. The first kappa shape index (κ1) is 32.3. The maximum Gasteiger partial charge on any atom is 0.475 e. The number of aryl methyl sites for hydroxylation is 1. The third-order valence-corrected chi connectivity index (χ3v) is 8.93. The molecular weight excluding hydrogens is 633 g/mol. The summed E-state index contributed by atoms with van der Waals surface area (Å²) < 4.78 is 67.6. The zero-order valence-electron chi connectivity index (χ0n) is 25.6. The molecule has 12 nitrogen and oxygen atoms in total. The SMILES string of the molecule is Cn1ncc2c(=O)[nH]c(N3CCN(c4c(F)cc(OCCOP(=O)(OCc5ccccc5)OCc5ccccc5)cc4F)CC3)nc21. The number of hydrogen-bond acceptors (Lipinski definition) is 10. The molecule has 2 aromatic heterocycles. The third kappa shape index (κ3) is 7.86. The molecule has 0 saturated carbocycles. The summed E-state index contributed by atoms with van der Waals surface area (Å²) in [5.41, 5.74) is 1.53. The van der Waals surface area contributed by atoms with Gasteiger partial charge in [-0.2, -0.15) is 10.1 Å². The molecule has 1 fully saturated rings. The molecular formula is C32H33F2N6O6P. The van der Waals surface area contributed by atoms with Crippen LogP contribution in [0.4, 0.5) is 20.4 Å². The standard InChI is InChI=1S/C32H33F2N6O6P/c1-38-30-26(20-35-38)31(41)37-32(36-30)40-14-12-39(13-15-40)29-27(33)18-25(19-28(29)34)43-16-17-44-47(42,45-21-23-8-4-2-5-9-23)46-22-24-10-6-3-7-11-24/h2-11,18-20H,12-17,21-22H2,1H3,(H,36,37,41). The van der Waals surface area contributed by atoms with E-state index in [0.29, 0.717) is 30.1 Å². The number of rotatable bonds is 13. The van der Waals surface area contributed by atoms with Gasteiger partial charge in [-0.05, 0) is 11.1 Å². The van der Waals surface area contributed by atoms with Crippen LogP contribution < -0.4 is 20.1 Å². The van der Waals surface area contributed by atoms with E-state index < -0.39 is 19.5 Å². The van der Waals surface area contributed by atoms with Crippen LogP contribution in [0.25, 0.3) is 11.0 Å². The fraction of sp³-hybridized carbons (Fsp3) is 0.281. The first-order valence-electron chi connectivity index (χ1n) is 14.9. The van der Waals surface area contributed by atoms with Crippen LogP contribution >= 0.6 is 7.82 Å². The largest absolute Gasteiger partial charge is 0.491 e. The minimum atomic E-state index is -4.03. The van der Waals surface area contributed by atoms with Crippen LogP contribution in [-0.4, -0.2) is 59.1 Å². The summed E-state index contributed by atoms with van der Waals surface area (Å²) in [7, 11) is -2.33. The molecule has 3 heterocycles. The lowest BCUT2D eigenvalue weighted by molar-refractivity contribution is 0.0909. The summed E-state index contributed by atoms with van der Waals surface area (Å²) in [5.74, 6) is -1.26. The molecule has 5 aromatic rings. The monoisotopic (exact) mass is 666 g/mol. The molecule has 0 bridgehead atoms. The van der Waals surface area contributed by atoms with Crippen LogP contribution in [0.3, 0.4) is 0 Å². The molecule has 0 unspecified atom stereocenters.